The molecule has 77 valence electrons. The van der Waals surface area contributed by atoms with Crippen molar-refractivity contribution in [3.63, 3.8) is 0 Å². The van der Waals surface area contributed by atoms with Crippen molar-refractivity contribution in [2.45, 2.75) is 20.8 Å². The average Bonchev–Trinajstić information content (AvgIpc) is 2.01. The van der Waals surface area contributed by atoms with E-state index >= 15 is 0 Å². The molecule has 0 aliphatic carbocycles. The number of rotatable bonds is 3. The first-order chi connectivity index (χ1) is 6.50. The molecule has 0 amide bonds. The zero-order chi connectivity index (χ0) is 10.7. The summed E-state index contributed by atoms with van der Waals surface area (Å²) in [7, 11) is 4.06. The van der Waals surface area contributed by atoms with Gasteiger partial charge in [-0.25, -0.2) is 0 Å². The second-order valence-corrected chi connectivity index (χ2v) is 4.13. The number of aryl methyl sites for hydroxylation is 3. The van der Waals surface area contributed by atoms with E-state index in [-0.39, 0.29) is 0 Å². The number of nitrogens with zero attached hydrogens (tertiary/aromatic N) is 2. The molecule has 1 aromatic rings. The van der Waals surface area contributed by atoms with Crippen LogP contribution in [0.1, 0.15) is 16.7 Å². The molecule has 2 heteroatoms. The molecule has 0 N–H and O–H groups in total. The van der Waals surface area contributed by atoms with E-state index in [4.69, 9.17) is 0 Å². The summed E-state index contributed by atoms with van der Waals surface area (Å²) in [6.45, 7) is 7.11. The van der Waals surface area contributed by atoms with E-state index in [1.165, 1.54) is 16.7 Å². The highest BCUT2D eigenvalue weighted by Crippen LogP contribution is 2.21. The molecule has 0 spiro atoms. The van der Waals surface area contributed by atoms with Crippen LogP contribution in [0.15, 0.2) is 12.1 Å². The fraction of sp³-hybridized carbons (Fsp3) is 0.500. The van der Waals surface area contributed by atoms with Crippen LogP contribution in [0.5, 0.6) is 0 Å². The van der Waals surface area contributed by atoms with E-state index in [9.17, 15) is 0 Å². The van der Waals surface area contributed by atoms with Crippen LogP contribution < -0.4 is 5.32 Å². The van der Waals surface area contributed by atoms with Gasteiger partial charge in [-0.05, 0) is 46.0 Å². The van der Waals surface area contributed by atoms with Gasteiger partial charge in [0.15, 0.2) is 0 Å². The van der Waals surface area contributed by atoms with Gasteiger partial charge in [0.2, 0.25) is 0 Å². The highest BCUT2D eigenvalue weighted by molar-refractivity contribution is 5.52. The van der Waals surface area contributed by atoms with Crippen LogP contribution in [0.2, 0.25) is 0 Å². The third-order valence-corrected chi connectivity index (χ3v) is 2.15. The smallest absolute Gasteiger partial charge is 0.0911 e. The molecule has 14 heavy (non-hydrogen) atoms. The maximum atomic E-state index is 4.57. The van der Waals surface area contributed by atoms with Crippen LogP contribution in [0.4, 0.5) is 5.69 Å². The molecule has 1 rings (SSSR count). The average molecular weight is 191 g/mol. The normalized spacial score (nSPS) is 10.7. The number of benzene rings is 1. The molecule has 0 atom stereocenters. The van der Waals surface area contributed by atoms with Gasteiger partial charge in [0.05, 0.1) is 12.4 Å². The fourth-order valence-corrected chi connectivity index (χ4v) is 1.63. The minimum absolute atomic E-state index is 0.755. The summed E-state index contributed by atoms with van der Waals surface area (Å²) in [6.07, 6.45) is 0. The van der Waals surface area contributed by atoms with Gasteiger partial charge in [0.1, 0.15) is 0 Å². The fourth-order valence-electron chi connectivity index (χ4n) is 1.63. The Bertz CT molecular complexity index is 293. The largest absolute Gasteiger partial charge is 0.291 e. The molecule has 0 heterocycles. The molecule has 0 unspecified atom stereocenters. The van der Waals surface area contributed by atoms with Crippen LogP contribution in [0.3, 0.4) is 0 Å². The summed E-state index contributed by atoms with van der Waals surface area (Å²) >= 11 is 0. The zero-order valence-corrected chi connectivity index (χ0v) is 9.76. The summed E-state index contributed by atoms with van der Waals surface area (Å²) < 4.78 is 0. The molecule has 0 aliphatic rings. The minimum Gasteiger partial charge on any atom is -0.291 e. The minimum atomic E-state index is 0.755. The zero-order valence-electron chi connectivity index (χ0n) is 9.76. The molecule has 0 saturated heterocycles. The Morgan fingerprint density at radius 3 is 2.00 bits per heavy atom. The third kappa shape index (κ3) is 2.74. The Hall–Kier alpha value is -1.02. The molecular formula is C12H19N2. The standard InChI is InChI=1S/C12H19N2/c1-9-6-10(2)12(11(3)7-9)13-8-14(4)5/h6-7H,8H2,1-5H3. The maximum absolute atomic E-state index is 4.57. The molecule has 0 saturated carbocycles. The summed E-state index contributed by atoms with van der Waals surface area (Å²) in [5.41, 5.74) is 4.99. The summed E-state index contributed by atoms with van der Waals surface area (Å²) in [6, 6.07) is 4.36. The van der Waals surface area contributed by atoms with Crippen molar-refractivity contribution in [2.24, 2.45) is 0 Å². The van der Waals surface area contributed by atoms with E-state index in [1.807, 2.05) is 14.1 Å². The number of hydrogen-bond donors (Lipinski definition) is 0. The predicted molar refractivity (Wildman–Crippen MR) is 61.0 cm³/mol. The van der Waals surface area contributed by atoms with Gasteiger partial charge in [0.25, 0.3) is 0 Å². The van der Waals surface area contributed by atoms with E-state index in [1.54, 1.807) is 0 Å². The summed E-state index contributed by atoms with van der Waals surface area (Å²) in [5, 5.41) is 4.57. The van der Waals surface area contributed by atoms with Gasteiger partial charge < -0.3 is 0 Å². The van der Waals surface area contributed by atoms with E-state index in [0.29, 0.717) is 0 Å². The van der Waals surface area contributed by atoms with Crippen LogP contribution >= 0.6 is 0 Å². The summed E-state index contributed by atoms with van der Waals surface area (Å²) in [5.74, 6) is 0. The van der Waals surface area contributed by atoms with Gasteiger partial charge in [-0.2, -0.15) is 0 Å². The summed E-state index contributed by atoms with van der Waals surface area (Å²) in [4.78, 5) is 2.07. The molecule has 1 aromatic carbocycles. The lowest BCUT2D eigenvalue weighted by molar-refractivity contribution is 0.391. The van der Waals surface area contributed by atoms with Crippen molar-refractivity contribution in [1.82, 2.24) is 10.2 Å². The molecule has 0 aliphatic heterocycles. The lowest BCUT2D eigenvalue weighted by Crippen LogP contribution is -2.20. The van der Waals surface area contributed by atoms with Gasteiger partial charge >= 0.3 is 0 Å². The first-order valence-electron chi connectivity index (χ1n) is 4.91. The Morgan fingerprint density at radius 1 is 1.07 bits per heavy atom. The van der Waals surface area contributed by atoms with Gasteiger partial charge in [-0.1, -0.05) is 17.7 Å². The highest BCUT2D eigenvalue weighted by Gasteiger charge is 2.04. The first-order valence-corrected chi connectivity index (χ1v) is 4.91. The SMILES string of the molecule is Cc1cc(C)c([N]CN(C)C)c(C)c1. The van der Waals surface area contributed by atoms with Crippen molar-refractivity contribution in [3.05, 3.63) is 28.8 Å². The van der Waals surface area contributed by atoms with Crippen molar-refractivity contribution < 1.29 is 0 Å². The Morgan fingerprint density at radius 2 is 1.57 bits per heavy atom. The molecule has 0 fully saturated rings. The Kier molecular flexibility index (Phi) is 3.53. The van der Waals surface area contributed by atoms with Crippen LogP contribution in [0.25, 0.3) is 0 Å². The number of hydrogen-bond acceptors (Lipinski definition) is 1. The lowest BCUT2D eigenvalue weighted by atomic mass is 10.1. The van der Waals surface area contributed by atoms with Crippen molar-refractivity contribution >= 4 is 5.69 Å². The van der Waals surface area contributed by atoms with Gasteiger partial charge in [-0.3, -0.25) is 10.2 Å². The molecule has 1 radical (unpaired) electrons. The van der Waals surface area contributed by atoms with E-state index < -0.39 is 0 Å². The van der Waals surface area contributed by atoms with Gasteiger partial charge in [0, 0.05) is 0 Å². The Labute approximate surface area is 86.9 Å². The molecule has 0 bridgehead atoms. The lowest BCUT2D eigenvalue weighted by Gasteiger charge is -2.14. The van der Waals surface area contributed by atoms with Crippen molar-refractivity contribution in [2.75, 3.05) is 20.8 Å². The first kappa shape index (κ1) is 11.1. The van der Waals surface area contributed by atoms with Crippen LogP contribution in [-0.4, -0.2) is 25.7 Å². The second-order valence-electron chi connectivity index (χ2n) is 4.13. The molecule has 2 nitrogen and oxygen atoms in total. The monoisotopic (exact) mass is 191 g/mol. The predicted octanol–water partition coefficient (Wildman–Crippen LogP) is 2.37. The topological polar surface area (TPSA) is 17.3 Å². The molecule has 0 aromatic heterocycles. The second kappa shape index (κ2) is 4.47. The van der Waals surface area contributed by atoms with E-state index in [0.717, 1.165) is 12.4 Å². The van der Waals surface area contributed by atoms with Crippen LogP contribution in [-0.2, 0) is 0 Å². The van der Waals surface area contributed by atoms with Gasteiger partial charge in [-0.15, -0.1) is 0 Å². The third-order valence-electron chi connectivity index (χ3n) is 2.15. The maximum Gasteiger partial charge on any atom is 0.0911 e. The highest BCUT2D eigenvalue weighted by atomic mass is 15.2. The van der Waals surface area contributed by atoms with Crippen LogP contribution in [0, 0.1) is 20.8 Å². The molecular weight excluding hydrogens is 172 g/mol. The quantitative estimate of drug-likeness (QED) is 0.717. The van der Waals surface area contributed by atoms with E-state index in [2.05, 4.69) is 43.1 Å². The van der Waals surface area contributed by atoms with Crippen molar-refractivity contribution in [1.29, 1.82) is 0 Å². The van der Waals surface area contributed by atoms with Crippen molar-refractivity contribution in [3.8, 4) is 0 Å². The Balaban J connectivity index is 2.86.